The molecule has 1 fully saturated rings. The van der Waals surface area contributed by atoms with Gasteiger partial charge in [-0.05, 0) is 37.1 Å². The minimum atomic E-state index is 0.295. The molecule has 0 N–H and O–H groups in total. The third kappa shape index (κ3) is 3.66. The molecule has 128 valence electrons. The van der Waals surface area contributed by atoms with Gasteiger partial charge < -0.3 is 9.32 Å². The van der Waals surface area contributed by atoms with Crippen molar-refractivity contribution in [3.05, 3.63) is 70.8 Å². The van der Waals surface area contributed by atoms with Gasteiger partial charge in [-0.1, -0.05) is 23.7 Å². The second kappa shape index (κ2) is 6.84. The molecule has 1 saturated heterocycles. The van der Waals surface area contributed by atoms with E-state index >= 15 is 0 Å². The monoisotopic (exact) mass is 354 g/mol. The Morgan fingerprint density at radius 1 is 1.28 bits per heavy atom. The summed E-state index contributed by atoms with van der Waals surface area (Å²) in [6, 6.07) is 9.78. The van der Waals surface area contributed by atoms with Crippen LogP contribution in [0.25, 0.3) is 0 Å². The number of nitrogens with zero attached hydrogens (tertiary/aromatic N) is 4. The maximum absolute atomic E-state index is 6.04. The molecule has 25 heavy (non-hydrogen) atoms. The van der Waals surface area contributed by atoms with Crippen LogP contribution in [0.4, 0.5) is 5.82 Å². The number of benzene rings is 1. The largest absolute Gasteiger partial charge is 0.445 e. The maximum atomic E-state index is 6.04. The van der Waals surface area contributed by atoms with Crippen LogP contribution in [0.1, 0.15) is 35.4 Å². The average Bonchev–Trinajstić information content (AvgIpc) is 3.24. The molecule has 1 aliphatic heterocycles. The van der Waals surface area contributed by atoms with Crippen LogP contribution in [0.2, 0.25) is 5.02 Å². The minimum absolute atomic E-state index is 0.295. The van der Waals surface area contributed by atoms with Crippen molar-refractivity contribution in [2.75, 3.05) is 18.0 Å². The van der Waals surface area contributed by atoms with Crippen LogP contribution in [0.3, 0.4) is 0 Å². The predicted octanol–water partition coefficient (Wildman–Crippen LogP) is 4.01. The lowest BCUT2D eigenvalue weighted by Gasteiger charge is -2.16. The molecule has 0 spiro atoms. The Morgan fingerprint density at radius 3 is 3.04 bits per heavy atom. The number of hydrogen-bond donors (Lipinski definition) is 0. The fourth-order valence-electron chi connectivity index (χ4n) is 3.23. The number of anilines is 1. The Labute approximate surface area is 151 Å². The smallest absolute Gasteiger partial charge is 0.199 e. The summed E-state index contributed by atoms with van der Waals surface area (Å²) in [5, 5.41) is 0.740. The average molecular weight is 355 g/mol. The molecule has 3 heterocycles. The van der Waals surface area contributed by atoms with E-state index in [2.05, 4.69) is 19.9 Å². The van der Waals surface area contributed by atoms with E-state index in [0.29, 0.717) is 12.3 Å². The number of hydrogen-bond acceptors (Lipinski definition) is 5. The van der Waals surface area contributed by atoms with Gasteiger partial charge in [-0.15, -0.1) is 0 Å². The van der Waals surface area contributed by atoms with E-state index in [1.165, 1.54) is 0 Å². The van der Waals surface area contributed by atoms with Gasteiger partial charge in [-0.25, -0.2) is 15.0 Å². The van der Waals surface area contributed by atoms with Crippen molar-refractivity contribution < 1.29 is 4.42 Å². The Hall–Kier alpha value is -2.40. The fourth-order valence-corrected chi connectivity index (χ4v) is 3.44. The van der Waals surface area contributed by atoms with Crippen molar-refractivity contribution >= 4 is 17.4 Å². The van der Waals surface area contributed by atoms with Crippen LogP contribution in [0.15, 0.2) is 47.1 Å². The van der Waals surface area contributed by atoms with Crippen LogP contribution in [-0.4, -0.2) is 28.0 Å². The standard InChI is InChI=1S/C19H19ClN4O/c1-13-21-7-5-18(23-13)24-8-6-15(12-24)19-22-11-17(25-19)10-14-3-2-4-16(20)9-14/h2-5,7,9,11,15H,6,8,10,12H2,1H3/t15-/m0/s1. The van der Waals surface area contributed by atoms with Gasteiger partial charge in [-0.2, -0.15) is 0 Å². The number of oxazole rings is 1. The molecule has 0 radical (unpaired) electrons. The van der Waals surface area contributed by atoms with E-state index in [0.717, 1.165) is 53.4 Å². The van der Waals surface area contributed by atoms with Crippen LogP contribution >= 0.6 is 11.6 Å². The summed E-state index contributed by atoms with van der Waals surface area (Å²) in [5.74, 6) is 3.74. The Kier molecular flexibility index (Phi) is 4.40. The zero-order valence-electron chi connectivity index (χ0n) is 14.0. The molecule has 5 nitrogen and oxygen atoms in total. The van der Waals surface area contributed by atoms with Crippen LogP contribution in [0.5, 0.6) is 0 Å². The van der Waals surface area contributed by atoms with E-state index in [4.69, 9.17) is 16.0 Å². The molecule has 0 unspecified atom stereocenters. The summed E-state index contributed by atoms with van der Waals surface area (Å²) in [6.07, 6.45) is 5.35. The zero-order chi connectivity index (χ0) is 17.2. The SMILES string of the molecule is Cc1nccc(N2CC[C@H](c3ncc(Cc4cccc(Cl)c4)o3)C2)n1. The van der Waals surface area contributed by atoms with E-state index in [-0.39, 0.29) is 0 Å². The van der Waals surface area contributed by atoms with E-state index in [1.807, 2.05) is 43.5 Å². The van der Waals surface area contributed by atoms with Crippen molar-refractivity contribution in [3.8, 4) is 0 Å². The van der Waals surface area contributed by atoms with Crippen molar-refractivity contribution in [3.63, 3.8) is 0 Å². The highest BCUT2D eigenvalue weighted by Crippen LogP contribution is 2.30. The first-order valence-corrected chi connectivity index (χ1v) is 8.79. The third-order valence-electron chi connectivity index (χ3n) is 4.46. The number of aromatic nitrogens is 3. The molecule has 1 aliphatic rings. The highest BCUT2D eigenvalue weighted by atomic mass is 35.5. The van der Waals surface area contributed by atoms with Gasteiger partial charge in [0.15, 0.2) is 5.89 Å². The number of halogens is 1. The number of aryl methyl sites for hydroxylation is 1. The Bertz CT molecular complexity index is 879. The van der Waals surface area contributed by atoms with Crippen molar-refractivity contribution in [1.82, 2.24) is 15.0 Å². The summed E-state index contributed by atoms with van der Waals surface area (Å²) in [5.41, 5.74) is 1.12. The summed E-state index contributed by atoms with van der Waals surface area (Å²) in [6.45, 7) is 3.73. The van der Waals surface area contributed by atoms with Crippen molar-refractivity contribution in [2.24, 2.45) is 0 Å². The molecule has 0 amide bonds. The summed E-state index contributed by atoms with van der Waals surface area (Å²) in [7, 11) is 0. The number of rotatable bonds is 4. The lowest BCUT2D eigenvalue weighted by Crippen LogP contribution is -2.20. The summed E-state index contributed by atoms with van der Waals surface area (Å²) in [4.78, 5) is 15.4. The van der Waals surface area contributed by atoms with Gasteiger partial charge in [0.25, 0.3) is 0 Å². The highest BCUT2D eigenvalue weighted by Gasteiger charge is 2.28. The quantitative estimate of drug-likeness (QED) is 0.708. The highest BCUT2D eigenvalue weighted by molar-refractivity contribution is 6.30. The van der Waals surface area contributed by atoms with Crippen LogP contribution < -0.4 is 4.90 Å². The summed E-state index contributed by atoms with van der Waals surface area (Å²) < 4.78 is 6.01. The van der Waals surface area contributed by atoms with Gasteiger partial charge in [0.05, 0.1) is 12.1 Å². The Morgan fingerprint density at radius 2 is 2.20 bits per heavy atom. The molecule has 1 atom stereocenters. The first kappa shape index (κ1) is 16.1. The molecule has 4 rings (SSSR count). The normalized spacial score (nSPS) is 17.2. The van der Waals surface area contributed by atoms with Gasteiger partial charge in [0.1, 0.15) is 17.4 Å². The van der Waals surface area contributed by atoms with E-state index in [1.54, 1.807) is 6.20 Å². The summed E-state index contributed by atoms with van der Waals surface area (Å²) >= 11 is 6.04. The molecule has 6 heteroatoms. The van der Waals surface area contributed by atoms with Crippen molar-refractivity contribution in [1.29, 1.82) is 0 Å². The predicted molar refractivity (Wildman–Crippen MR) is 97.1 cm³/mol. The first-order chi connectivity index (χ1) is 12.2. The first-order valence-electron chi connectivity index (χ1n) is 8.41. The van der Waals surface area contributed by atoms with Gasteiger partial charge in [-0.3, -0.25) is 0 Å². The van der Waals surface area contributed by atoms with Gasteiger partial charge >= 0.3 is 0 Å². The van der Waals surface area contributed by atoms with Crippen LogP contribution in [0, 0.1) is 6.92 Å². The maximum Gasteiger partial charge on any atom is 0.199 e. The molecule has 0 saturated carbocycles. The third-order valence-corrected chi connectivity index (χ3v) is 4.70. The second-order valence-electron chi connectivity index (χ2n) is 6.37. The van der Waals surface area contributed by atoms with Crippen LogP contribution in [-0.2, 0) is 6.42 Å². The molecule has 2 aromatic heterocycles. The van der Waals surface area contributed by atoms with E-state index < -0.39 is 0 Å². The molecule has 0 bridgehead atoms. The lowest BCUT2D eigenvalue weighted by molar-refractivity contribution is 0.433. The lowest BCUT2D eigenvalue weighted by atomic mass is 10.1. The molecule has 3 aromatic rings. The topological polar surface area (TPSA) is 55.1 Å². The van der Waals surface area contributed by atoms with Gasteiger partial charge in [0, 0.05) is 30.7 Å². The zero-order valence-corrected chi connectivity index (χ0v) is 14.8. The Balaban J connectivity index is 1.44. The molecule has 0 aliphatic carbocycles. The fraction of sp³-hybridized carbons (Fsp3) is 0.316. The minimum Gasteiger partial charge on any atom is -0.445 e. The molecular formula is C19H19ClN4O. The molecular weight excluding hydrogens is 336 g/mol. The van der Waals surface area contributed by atoms with Gasteiger partial charge in [0.2, 0.25) is 0 Å². The van der Waals surface area contributed by atoms with E-state index in [9.17, 15) is 0 Å². The second-order valence-corrected chi connectivity index (χ2v) is 6.80. The van der Waals surface area contributed by atoms with Crippen molar-refractivity contribution in [2.45, 2.75) is 25.7 Å². The molecule has 1 aromatic carbocycles.